The number of ketones is 1. The van der Waals surface area contributed by atoms with Gasteiger partial charge in [0.25, 0.3) is 5.91 Å². The second-order valence-electron chi connectivity index (χ2n) is 14.7. The van der Waals surface area contributed by atoms with E-state index in [1.54, 1.807) is 29.4 Å². The van der Waals surface area contributed by atoms with Gasteiger partial charge < -0.3 is 20.4 Å². The Balaban J connectivity index is 1.90. The van der Waals surface area contributed by atoms with Crippen molar-refractivity contribution in [1.29, 1.82) is 0 Å². The average molecular weight is 570 g/mol. The standard InChI is InChI=1S/C31H47N5O5/c1-29(2,3)15-21(37)34-25(30(4,5)6)28(41)36-17-19-22(31(19,7)8)23(36)26(39)33-20(24(38)27(40)35(9)10)14-18-12-11-13-32-16-18/h11-13,16,19-20,22-23,25H,14-15,17H2,1-10H3,(H,33,39)(H,34,37)/t19-,20-,22-,23-,25+/m0/s1. The van der Waals surface area contributed by atoms with E-state index in [4.69, 9.17) is 0 Å². The molecule has 10 nitrogen and oxygen atoms in total. The zero-order valence-corrected chi connectivity index (χ0v) is 26.2. The minimum absolute atomic E-state index is 0.0869. The Hall–Kier alpha value is -3.30. The number of Topliss-reactive ketones (excluding diaryl/α,β-unsaturated/α-hetero) is 1. The van der Waals surface area contributed by atoms with Crippen LogP contribution in [-0.4, -0.2) is 83.0 Å². The van der Waals surface area contributed by atoms with E-state index in [0.29, 0.717) is 12.1 Å². The zero-order valence-electron chi connectivity index (χ0n) is 26.2. The van der Waals surface area contributed by atoms with Gasteiger partial charge in [0.1, 0.15) is 18.1 Å². The predicted molar refractivity (Wildman–Crippen MR) is 155 cm³/mol. The minimum Gasteiger partial charge on any atom is -0.344 e. The van der Waals surface area contributed by atoms with Gasteiger partial charge in [-0.25, -0.2) is 0 Å². The lowest BCUT2D eigenvalue weighted by Gasteiger charge is -2.38. The number of hydrogen-bond donors (Lipinski definition) is 2. The largest absolute Gasteiger partial charge is 0.344 e. The smallest absolute Gasteiger partial charge is 0.291 e. The molecular formula is C31H47N5O5. The molecule has 2 N–H and O–H groups in total. The Labute approximate surface area is 244 Å². The van der Waals surface area contributed by atoms with Crippen molar-refractivity contribution in [3.63, 3.8) is 0 Å². The van der Waals surface area contributed by atoms with E-state index < -0.39 is 41.1 Å². The van der Waals surface area contributed by atoms with Crippen LogP contribution in [0.2, 0.25) is 0 Å². The van der Waals surface area contributed by atoms with Crippen LogP contribution >= 0.6 is 0 Å². The molecule has 10 heteroatoms. The van der Waals surface area contributed by atoms with E-state index in [-0.39, 0.29) is 47.3 Å². The summed E-state index contributed by atoms with van der Waals surface area (Å²) in [7, 11) is 2.97. The first-order chi connectivity index (χ1) is 18.8. The van der Waals surface area contributed by atoms with Gasteiger partial charge in [-0.2, -0.15) is 0 Å². The van der Waals surface area contributed by atoms with Crippen molar-refractivity contribution in [3.8, 4) is 0 Å². The van der Waals surface area contributed by atoms with Crippen LogP contribution in [-0.2, 0) is 30.4 Å². The number of likely N-dealkylation sites (N-methyl/N-ethyl adjacent to an activating group) is 1. The second kappa shape index (κ2) is 11.5. The van der Waals surface area contributed by atoms with Crippen LogP contribution in [0.15, 0.2) is 24.5 Å². The third-order valence-corrected chi connectivity index (χ3v) is 8.28. The lowest BCUT2D eigenvalue weighted by molar-refractivity contribution is -0.147. The number of nitrogens with one attached hydrogen (secondary N) is 2. The summed E-state index contributed by atoms with van der Waals surface area (Å²) in [6.07, 6.45) is 3.54. The van der Waals surface area contributed by atoms with Gasteiger partial charge >= 0.3 is 0 Å². The molecule has 1 saturated heterocycles. The van der Waals surface area contributed by atoms with E-state index in [1.807, 2.05) is 41.5 Å². The number of amides is 4. The van der Waals surface area contributed by atoms with E-state index >= 15 is 0 Å². The van der Waals surface area contributed by atoms with Crippen molar-refractivity contribution in [2.75, 3.05) is 20.6 Å². The highest BCUT2D eigenvalue weighted by Crippen LogP contribution is 2.65. The molecule has 4 amide bonds. The molecule has 3 rings (SSSR count). The van der Waals surface area contributed by atoms with Gasteiger partial charge in [-0.1, -0.05) is 61.5 Å². The molecule has 0 spiro atoms. The Morgan fingerprint density at radius 3 is 2.22 bits per heavy atom. The molecule has 0 radical (unpaired) electrons. The summed E-state index contributed by atoms with van der Waals surface area (Å²) >= 11 is 0. The Morgan fingerprint density at radius 1 is 1.07 bits per heavy atom. The highest BCUT2D eigenvalue weighted by atomic mass is 16.2. The molecule has 5 atom stereocenters. The fraction of sp³-hybridized carbons (Fsp3) is 0.677. The van der Waals surface area contributed by atoms with Gasteiger partial charge in [-0.3, -0.25) is 29.0 Å². The molecule has 226 valence electrons. The van der Waals surface area contributed by atoms with E-state index in [9.17, 15) is 24.0 Å². The summed E-state index contributed by atoms with van der Waals surface area (Å²) in [6, 6.07) is 0.715. The summed E-state index contributed by atoms with van der Waals surface area (Å²) in [4.78, 5) is 73.6. The maximum absolute atomic E-state index is 14.1. The Kier molecular flexibility index (Phi) is 9.06. The molecule has 2 fully saturated rings. The maximum Gasteiger partial charge on any atom is 0.291 e. The molecular weight excluding hydrogens is 522 g/mol. The molecule has 1 aliphatic heterocycles. The fourth-order valence-corrected chi connectivity index (χ4v) is 5.91. The topological polar surface area (TPSA) is 129 Å². The van der Waals surface area contributed by atoms with Crippen LogP contribution in [0.25, 0.3) is 0 Å². The number of aromatic nitrogens is 1. The van der Waals surface area contributed by atoms with Crippen molar-refractivity contribution in [1.82, 2.24) is 25.4 Å². The first-order valence-electron chi connectivity index (χ1n) is 14.3. The summed E-state index contributed by atoms with van der Waals surface area (Å²) in [6.45, 7) is 16.1. The van der Waals surface area contributed by atoms with Crippen LogP contribution in [0, 0.1) is 28.1 Å². The molecule has 2 aliphatic rings. The van der Waals surface area contributed by atoms with Gasteiger partial charge in [0.15, 0.2) is 0 Å². The molecule has 1 aromatic heterocycles. The number of nitrogens with zero attached hydrogens (tertiary/aromatic N) is 3. The van der Waals surface area contributed by atoms with Crippen molar-refractivity contribution >= 4 is 29.4 Å². The molecule has 1 saturated carbocycles. The number of fused-ring (bicyclic) bond motifs is 1. The van der Waals surface area contributed by atoms with Crippen LogP contribution in [0.1, 0.15) is 67.4 Å². The van der Waals surface area contributed by atoms with Crippen LogP contribution in [0.3, 0.4) is 0 Å². The lowest BCUT2D eigenvalue weighted by atomic mass is 9.84. The first kappa shape index (κ1) is 32.2. The van der Waals surface area contributed by atoms with Crippen molar-refractivity contribution < 1.29 is 24.0 Å². The van der Waals surface area contributed by atoms with Crippen molar-refractivity contribution in [2.45, 2.75) is 86.4 Å². The number of hydrogen-bond acceptors (Lipinski definition) is 6. The van der Waals surface area contributed by atoms with Gasteiger partial charge in [0.2, 0.25) is 23.5 Å². The maximum atomic E-state index is 14.1. The van der Waals surface area contributed by atoms with Crippen LogP contribution < -0.4 is 10.6 Å². The normalized spacial score (nSPS) is 22.7. The van der Waals surface area contributed by atoms with E-state index in [0.717, 1.165) is 0 Å². The van der Waals surface area contributed by atoms with Gasteiger partial charge in [-0.15, -0.1) is 0 Å². The van der Waals surface area contributed by atoms with E-state index in [2.05, 4.69) is 29.5 Å². The highest BCUT2D eigenvalue weighted by Gasteiger charge is 2.70. The minimum atomic E-state index is -1.12. The molecule has 2 heterocycles. The van der Waals surface area contributed by atoms with Crippen LogP contribution in [0.4, 0.5) is 0 Å². The number of likely N-dealkylation sites (tertiary alicyclic amines) is 1. The SMILES string of the molecule is CN(C)C(=O)C(=O)[C@H](Cc1cccnc1)NC(=O)[C@@H]1[C@@H]2[C@H](CN1C(=O)[C@@H](NC(=O)CC(C)(C)C)C(C)(C)C)C2(C)C. The number of carbonyl (C=O) groups is 5. The van der Waals surface area contributed by atoms with Gasteiger partial charge in [0, 0.05) is 45.9 Å². The number of carbonyl (C=O) groups excluding carboxylic acids is 5. The highest BCUT2D eigenvalue weighted by molar-refractivity contribution is 6.38. The third-order valence-electron chi connectivity index (χ3n) is 8.28. The summed E-state index contributed by atoms with van der Waals surface area (Å²) in [5.41, 5.74) is -0.327. The predicted octanol–water partition coefficient (Wildman–Crippen LogP) is 2.22. The average Bonchev–Trinajstić information content (AvgIpc) is 3.17. The second-order valence-corrected chi connectivity index (χ2v) is 14.7. The number of rotatable bonds is 9. The van der Waals surface area contributed by atoms with Crippen LogP contribution in [0.5, 0.6) is 0 Å². The molecule has 0 aromatic carbocycles. The lowest BCUT2D eigenvalue weighted by Crippen LogP contribution is -2.60. The molecule has 1 aliphatic carbocycles. The zero-order chi connectivity index (χ0) is 31.1. The first-order valence-corrected chi connectivity index (χ1v) is 14.3. The molecule has 41 heavy (non-hydrogen) atoms. The molecule has 1 aromatic rings. The molecule has 0 bridgehead atoms. The summed E-state index contributed by atoms with van der Waals surface area (Å²) < 4.78 is 0. The van der Waals surface area contributed by atoms with E-state index in [1.165, 1.54) is 19.0 Å². The summed E-state index contributed by atoms with van der Waals surface area (Å²) in [5, 5.41) is 5.77. The number of pyridine rings is 1. The summed E-state index contributed by atoms with van der Waals surface area (Å²) in [5.74, 6) is -2.46. The monoisotopic (exact) mass is 569 g/mol. The number of piperidine rings is 1. The Bertz CT molecular complexity index is 1180. The van der Waals surface area contributed by atoms with Crippen molar-refractivity contribution in [2.24, 2.45) is 28.1 Å². The third kappa shape index (κ3) is 7.32. The molecule has 0 unspecified atom stereocenters. The van der Waals surface area contributed by atoms with Gasteiger partial charge in [-0.05, 0) is 39.7 Å². The Morgan fingerprint density at radius 2 is 1.71 bits per heavy atom. The quantitative estimate of drug-likeness (QED) is 0.439. The van der Waals surface area contributed by atoms with Gasteiger partial charge in [0.05, 0.1) is 0 Å². The fourth-order valence-electron chi connectivity index (χ4n) is 5.91. The van der Waals surface area contributed by atoms with Crippen molar-refractivity contribution in [3.05, 3.63) is 30.1 Å².